The maximum Gasteiger partial charge on any atom is 2.00 e. The molecule has 0 atom stereocenters. The molecule has 0 saturated carbocycles. The summed E-state index contributed by atoms with van der Waals surface area (Å²) in [7, 11) is 1.00. The molecule has 76 valence electrons. The van der Waals surface area contributed by atoms with Crippen LogP contribution in [0.1, 0.15) is 12.8 Å². The Morgan fingerprint density at radius 1 is 0.929 bits per heavy atom. The molecule has 2 aliphatic rings. The monoisotopic (exact) mass is 288 g/mol. The molecule has 0 amide bonds. The van der Waals surface area contributed by atoms with Crippen LogP contribution < -0.4 is 0 Å². The predicted molar refractivity (Wildman–Crippen MR) is 58.5 cm³/mol. The van der Waals surface area contributed by atoms with Gasteiger partial charge in [-0.05, 0) is 0 Å². The Balaban J connectivity index is -0.000000131. The fraction of sp³-hybridized carbons (Fsp3) is 0.273. The summed E-state index contributed by atoms with van der Waals surface area (Å²) in [6.07, 6.45) is 20.0. The standard InChI is InChI=1S/2C5H5.CH4O.ClH.Zr/c2*1-2-4-5-3-1;1-2;;/h2*1-3H,4H2;2H,1H3;1H;/q2*-1;;;+2. The average Bonchev–Trinajstić information content (AvgIpc) is 2.87. The van der Waals surface area contributed by atoms with E-state index in [4.69, 9.17) is 5.11 Å². The van der Waals surface area contributed by atoms with Crippen LogP contribution in [0.2, 0.25) is 0 Å². The van der Waals surface area contributed by atoms with E-state index < -0.39 is 0 Å². The maximum atomic E-state index is 7.00. The maximum absolute atomic E-state index is 7.00. The molecular weight excluding hydrogens is 275 g/mol. The second-order valence-electron chi connectivity index (χ2n) is 2.01. The fourth-order valence-electron chi connectivity index (χ4n) is 0.680. The van der Waals surface area contributed by atoms with Gasteiger partial charge in [0.05, 0.1) is 0 Å². The number of allylic oxidation sites excluding steroid dienone is 8. The molecule has 0 spiro atoms. The van der Waals surface area contributed by atoms with Gasteiger partial charge < -0.3 is 5.11 Å². The number of hydrogen-bond acceptors (Lipinski definition) is 1. The second-order valence-corrected chi connectivity index (χ2v) is 2.01. The van der Waals surface area contributed by atoms with Crippen molar-refractivity contribution in [1.82, 2.24) is 0 Å². The quantitative estimate of drug-likeness (QED) is 0.680. The average molecular weight is 290 g/mol. The minimum Gasteiger partial charge on any atom is -0.400 e. The zero-order chi connectivity index (χ0) is 9.07. The molecule has 3 heteroatoms. The summed E-state index contributed by atoms with van der Waals surface area (Å²) in [5.41, 5.74) is 0. The molecule has 0 unspecified atom stereocenters. The number of rotatable bonds is 0. The van der Waals surface area contributed by atoms with Crippen molar-refractivity contribution in [3.8, 4) is 0 Å². The van der Waals surface area contributed by atoms with Crippen LogP contribution in [-0.4, -0.2) is 12.2 Å². The SMILES string of the molecule is CO.Cl.[C-]1=CC=CC1.[C-]1=CC=CC1.[Zr+2]. The van der Waals surface area contributed by atoms with E-state index in [0.717, 1.165) is 20.0 Å². The summed E-state index contributed by atoms with van der Waals surface area (Å²) in [5, 5.41) is 7.00. The van der Waals surface area contributed by atoms with Gasteiger partial charge in [-0.25, -0.2) is 24.3 Å². The normalized spacial score (nSPS) is 13.0. The number of aliphatic hydroxyl groups excluding tert-OH is 1. The fourth-order valence-corrected chi connectivity index (χ4v) is 0.680. The third-order valence-corrected chi connectivity index (χ3v) is 1.17. The first-order valence-corrected chi connectivity index (χ1v) is 3.88. The van der Waals surface area contributed by atoms with E-state index in [1.807, 2.05) is 24.3 Å². The van der Waals surface area contributed by atoms with Crippen LogP contribution in [0.25, 0.3) is 0 Å². The minimum absolute atomic E-state index is 0. The van der Waals surface area contributed by atoms with Crippen molar-refractivity contribution >= 4 is 12.4 Å². The topological polar surface area (TPSA) is 20.2 Å². The molecule has 0 heterocycles. The van der Waals surface area contributed by atoms with Crippen molar-refractivity contribution in [3.05, 3.63) is 48.6 Å². The molecule has 0 fully saturated rings. The van der Waals surface area contributed by atoms with Crippen LogP contribution >= 0.6 is 12.4 Å². The van der Waals surface area contributed by atoms with Crippen LogP contribution in [-0.2, 0) is 26.2 Å². The molecule has 1 N–H and O–H groups in total. The van der Waals surface area contributed by atoms with Crippen molar-refractivity contribution in [2.75, 3.05) is 7.11 Å². The van der Waals surface area contributed by atoms with Gasteiger partial charge in [0, 0.05) is 7.11 Å². The van der Waals surface area contributed by atoms with Crippen molar-refractivity contribution in [1.29, 1.82) is 0 Å². The summed E-state index contributed by atoms with van der Waals surface area (Å²) in [5.74, 6) is 0. The molecule has 1 nitrogen and oxygen atoms in total. The Morgan fingerprint density at radius 2 is 1.29 bits per heavy atom. The van der Waals surface area contributed by atoms with Gasteiger partial charge in [0.15, 0.2) is 0 Å². The first-order chi connectivity index (χ1) is 6.00. The van der Waals surface area contributed by atoms with Crippen LogP contribution in [0.3, 0.4) is 0 Å². The smallest absolute Gasteiger partial charge is 0.400 e. The van der Waals surface area contributed by atoms with E-state index in [0.29, 0.717) is 0 Å². The van der Waals surface area contributed by atoms with E-state index in [1.54, 1.807) is 0 Å². The zero-order valence-corrected chi connectivity index (χ0v) is 11.5. The molecule has 0 aromatic heterocycles. The van der Waals surface area contributed by atoms with Crippen molar-refractivity contribution in [2.45, 2.75) is 12.8 Å². The summed E-state index contributed by atoms with van der Waals surface area (Å²) in [6.45, 7) is 0. The Morgan fingerprint density at radius 3 is 1.36 bits per heavy atom. The van der Waals surface area contributed by atoms with Gasteiger partial charge in [0.1, 0.15) is 0 Å². The molecule has 0 bridgehead atoms. The van der Waals surface area contributed by atoms with Crippen molar-refractivity contribution < 1.29 is 31.3 Å². The molecule has 0 aromatic carbocycles. The Kier molecular flexibility index (Phi) is 26.4. The molecule has 0 aromatic rings. The summed E-state index contributed by atoms with van der Waals surface area (Å²) in [6, 6.07) is 0. The van der Waals surface area contributed by atoms with Crippen LogP contribution in [0.5, 0.6) is 0 Å². The summed E-state index contributed by atoms with van der Waals surface area (Å²) in [4.78, 5) is 0. The molecule has 2 aliphatic carbocycles. The minimum atomic E-state index is 0. The molecule has 0 saturated heterocycles. The molecule has 14 heavy (non-hydrogen) atoms. The van der Waals surface area contributed by atoms with Crippen molar-refractivity contribution in [3.63, 3.8) is 0 Å². The van der Waals surface area contributed by atoms with Gasteiger partial charge in [-0.15, -0.1) is 25.2 Å². The number of aliphatic hydroxyl groups is 1. The van der Waals surface area contributed by atoms with Crippen LogP contribution in [0.4, 0.5) is 0 Å². The second kappa shape index (κ2) is 18.8. The molecule has 0 aliphatic heterocycles. The Bertz CT molecular complexity index is 153. The van der Waals surface area contributed by atoms with Crippen molar-refractivity contribution in [2.24, 2.45) is 0 Å². The van der Waals surface area contributed by atoms with Crippen LogP contribution in [0.15, 0.2) is 36.5 Å². The first kappa shape index (κ1) is 19.6. The van der Waals surface area contributed by atoms with Gasteiger partial charge in [-0.3, -0.25) is 12.2 Å². The largest absolute Gasteiger partial charge is 2.00 e. The Labute approximate surface area is 112 Å². The Hall–Kier alpha value is 0.0931. The zero-order valence-electron chi connectivity index (χ0n) is 8.23. The van der Waals surface area contributed by atoms with Crippen LogP contribution in [0, 0.1) is 12.2 Å². The van der Waals surface area contributed by atoms with Gasteiger partial charge in [0.25, 0.3) is 0 Å². The number of halogens is 1. The van der Waals surface area contributed by atoms with Gasteiger partial charge in [-0.2, -0.15) is 12.2 Å². The van der Waals surface area contributed by atoms with E-state index in [-0.39, 0.29) is 38.6 Å². The van der Waals surface area contributed by atoms with Gasteiger partial charge >= 0.3 is 26.2 Å². The van der Waals surface area contributed by atoms with E-state index in [1.165, 1.54) is 0 Å². The number of hydrogen-bond donors (Lipinski definition) is 1. The van der Waals surface area contributed by atoms with E-state index >= 15 is 0 Å². The van der Waals surface area contributed by atoms with E-state index in [2.05, 4.69) is 24.3 Å². The predicted octanol–water partition coefficient (Wildman–Crippen LogP) is 2.64. The molecule has 0 radical (unpaired) electrons. The summed E-state index contributed by atoms with van der Waals surface area (Å²) < 4.78 is 0. The third kappa shape index (κ3) is 14.6. The molecular formula is C11H15ClOZr. The summed E-state index contributed by atoms with van der Waals surface area (Å²) >= 11 is 0. The first-order valence-electron chi connectivity index (χ1n) is 3.88. The van der Waals surface area contributed by atoms with Gasteiger partial charge in [0.2, 0.25) is 0 Å². The molecule has 2 rings (SSSR count). The third-order valence-electron chi connectivity index (χ3n) is 1.17. The van der Waals surface area contributed by atoms with Gasteiger partial charge in [-0.1, -0.05) is 0 Å². The van der Waals surface area contributed by atoms with E-state index in [9.17, 15) is 0 Å².